The number of halogens is 1. The number of ether oxygens (including phenoxy) is 2. The minimum Gasteiger partial charge on any atom is -0.490 e. The molecule has 190 valence electrons. The van der Waals surface area contributed by atoms with E-state index >= 15 is 0 Å². The third kappa shape index (κ3) is 5.70. The first-order valence-corrected chi connectivity index (χ1v) is 11.7. The zero-order valence-corrected chi connectivity index (χ0v) is 21.9. The highest BCUT2D eigenvalue weighted by Crippen LogP contribution is 2.39. The van der Waals surface area contributed by atoms with E-state index in [1.807, 2.05) is 20.8 Å². The van der Waals surface area contributed by atoms with Gasteiger partial charge in [0.05, 0.1) is 28.6 Å². The van der Waals surface area contributed by atoms with E-state index in [1.165, 1.54) is 25.3 Å². The maximum Gasteiger partial charge on any atom is 0.344 e. The van der Waals surface area contributed by atoms with Gasteiger partial charge in [0.15, 0.2) is 11.9 Å². The first-order valence-electron chi connectivity index (χ1n) is 10.9. The van der Waals surface area contributed by atoms with E-state index < -0.39 is 33.7 Å². The van der Waals surface area contributed by atoms with E-state index in [-0.39, 0.29) is 23.7 Å². The topological polar surface area (TPSA) is 146 Å². The monoisotopic (exact) mass is 560 g/mol. The number of nitro benzene ring substituents is 1. The van der Waals surface area contributed by atoms with E-state index in [4.69, 9.17) is 9.47 Å². The first-order chi connectivity index (χ1) is 16.8. The fraction of sp³-hybridized carbons (Fsp3) is 0.333. The molecule has 11 nitrogen and oxygen atoms in total. The van der Waals surface area contributed by atoms with Crippen LogP contribution < -0.4 is 15.0 Å². The average Bonchev–Trinajstić information content (AvgIpc) is 2.79. The third-order valence-electron chi connectivity index (χ3n) is 5.00. The molecule has 0 aliphatic rings. The van der Waals surface area contributed by atoms with Crippen molar-refractivity contribution in [1.29, 1.82) is 0 Å². The summed E-state index contributed by atoms with van der Waals surface area (Å²) in [5.41, 5.74) is -0.702. The molecule has 36 heavy (non-hydrogen) atoms. The lowest BCUT2D eigenvalue weighted by Crippen LogP contribution is -2.29. The molecular weight excluding hydrogens is 536 g/mol. The van der Waals surface area contributed by atoms with Crippen LogP contribution >= 0.6 is 15.9 Å². The van der Waals surface area contributed by atoms with Gasteiger partial charge in [-0.3, -0.25) is 14.9 Å². The molecule has 0 saturated carbocycles. The number of carbonyl (C=O) groups is 1. The van der Waals surface area contributed by atoms with E-state index in [0.717, 1.165) is 4.68 Å². The van der Waals surface area contributed by atoms with Gasteiger partial charge in [-0.25, -0.2) is 9.78 Å². The van der Waals surface area contributed by atoms with Gasteiger partial charge in [0, 0.05) is 21.5 Å². The second-order valence-corrected chi connectivity index (χ2v) is 9.78. The fourth-order valence-electron chi connectivity index (χ4n) is 3.29. The van der Waals surface area contributed by atoms with Crippen molar-refractivity contribution in [3.63, 3.8) is 0 Å². The molecular formula is C24H25BrN4O7. The van der Waals surface area contributed by atoms with E-state index in [0.29, 0.717) is 21.2 Å². The summed E-state index contributed by atoms with van der Waals surface area (Å²) in [6.45, 7) is 8.73. The number of aliphatic carboxylic acids is 1. The summed E-state index contributed by atoms with van der Waals surface area (Å²) in [6, 6.07) is 7.77. The molecule has 0 fully saturated rings. The van der Waals surface area contributed by atoms with Crippen molar-refractivity contribution in [2.45, 2.75) is 46.1 Å². The summed E-state index contributed by atoms with van der Waals surface area (Å²) < 4.78 is 12.7. The Morgan fingerprint density at radius 1 is 1.33 bits per heavy atom. The normalized spacial score (nSPS) is 12.6. The zero-order valence-electron chi connectivity index (χ0n) is 20.3. The number of benzene rings is 2. The van der Waals surface area contributed by atoms with Crippen LogP contribution in [0.5, 0.6) is 11.5 Å². The fourth-order valence-corrected chi connectivity index (χ4v) is 3.65. The molecule has 0 unspecified atom stereocenters. The molecule has 0 amide bonds. The van der Waals surface area contributed by atoms with Crippen LogP contribution in [0.25, 0.3) is 10.9 Å². The number of aromatic nitrogens is 2. The molecule has 0 aliphatic carbocycles. The minimum absolute atomic E-state index is 0.0230. The van der Waals surface area contributed by atoms with E-state index in [2.05, 4.69) is 26.0 Å². The lowest BCUT2D eigenvalue weighted by atomic mass is 9.95. The van der Waals surface area contributed by atoms with Crippen molar-refractivity contribution in [2.24, 2.45) is 5.10 Å². The maximum atomic E-state index is 13.3. The number of fused-ring (bicyclic) bond motifs is 1. The van der Waals surface area contributed by atoms with Crippen molar-refractivity contribution < 1.29 is 24.3 Å². The summed E-state index contributed by atoms with van der Waals surface area (Å²) in [5.74, 6) is -1.22. The van der Waals surface area contributed by atoms with Gasteiger partial charge in [0.25, 0.3) is 5.56 Å². The lowest BCUT2D eigenvalue weighted by Gasteiger charge is -2.21. The Morgan fingerprint density at radius 2 is 2.03 bits per heavy atom. The Hall–Kier alpha value is -3.80. The van der Waals surface area contributed by atoms with Crippen molar-refractivity contribution in [3.05, 3.63) is 66.7 Å². The Morgan fingerprint density at radius 3 is 2.61 bits per heavy atom. The Bertz CT molecular complexity index is 1430. The molecule has 3 rings (SSSR count). The van der Waals surface area contributed by atoms with Gasteiger partial charge in [-0.05, 0) is 38.1 Å². The highest BCUT2D eigenvalue weighted by atomic mass is 79.9. The second-order valence-electron chi connectivity index (χ2n) is 8.86. The minimum atomic E-state index is -1.35. The van der Waals surface area contributed by atoms with Gasteiger partial charge in [0.2, 0.25) is 5.75 Å². The molecule has 1 atom stereocenters. The number of hydrogen-bond acceptors (Lipinski definition) is 8. The summed E-state index contributed by atoms with van der Waals surface area (Å²) >= 11 is 3.36. The van der Waals surface area contributed by atoms with Crippen LogP contribution in [-0.2, 0) is 10.2 Å². The Kier molecular flexibility index (Phi) is 7.77. The lowest BCUT2D eigenvalue weighted by molar-refractivity contribution is -0.386. The van der Waals surface area contributed by atoms with Gasteiger partial charge in [0.1, 0.15) is 5.82 Å². The summed E-state index contributed by atoms with van der Waals surface area (Å²) in [6.07, 6.45) is -0.0689. The zero-order chi connectivity index (χ0) is 26.8. The highest BCUT2D eigenvalue weighted by Gasteiger charge is 2.27. The molecule has 3 aromatic rings. The molecule has 1 N–H and O–H groups in total. The maximum absolute atomic E-state index is 13.3. The Balaban J connectivity index is 2.21. The van der Waals surface area contributed by atoms with Crippen molar-refractivity contribution in [2.75, 3.05) is 6.61 Å². The van der Waals surface area contributed by atoms with Crippen molar-refractivity contribution in [3.8, 4) is 11.5 Å². The average molecular weight is 561 g/mol. The molecule has 0 radical (unpaired) electrons. The van der Waals surface area contributed by atoms with Gasteiger partial charge >= 0.3 is 11.7 Å². The molecule has 12 heteroatoms. The van der Waals surface area contributed by atoms with Crippen LogP contribution in [0.2, 0.25) is 0 Å². The number of carboxylic acid groups (broad SMARTS) is 1. The van der Waals surface area contributed by atoms with Crippen LogP contribution in [0.4, 0.5) is 5.69 Å². The van der Waals surface area contributed by atoms with Crippen molar-refractivity contribution in [1.82, 2.24) is 9.66 Å². The Labute approximate surface area is 214 Å². The van der Waals surface area contributed by atoms with Gasteiger partial charge < -0.3 is 14.6 Å². The summed E-state index contributed by atoms with van der Waals surface area (Å²) in [4.78, 5) is 40.3. The number of hydrogen-bond donors (Lipinski definition) is 1. The van der Waals surface area contributed by atoms with Crippen LogP contribution in [0.1, 0.15) is 46.0 Å². The van der Waals surface area contributed by atoms with Crippen LogP contribution in [0, 0.1) is 10.1 Å². The van der Waals surface area contributed by atoms with E-state index in [9.17, 15) is 24.8 Å². The van der Waals surface area contributed by atoms with Crippen LogP contribution in [-0.4, -0.2) is 44.6 Å². The largest absolute Gasteiger partial charge is 0.490 e. The number of nitro groups is 1. The predicted molar refractivity (Wildman–Crippen MR) is 137 cm³/mol. The molecule has 2 aromatic carbocycles. The van der Waals surface area contributed by atoms with Gasteiger partial charge in [-0.2, -0.15) is 9.78 Å². The summed E-state index contributed by atoms with van der Waals surface area (Å²) in [5, 5.41) is 25.6. The number of rotatable bonds is 8. The molecule has 1 aromatic heterocycles. The quantitative estimate of drug-likeness (QED) is 0.240. The molecule has 0 saturated heterocycles. The smallest absolute Gasteiger partial charge is 0.344 e. The number of nitrogens with zero attached hydrogens (tertiary/aromatic N) is 4. The SMILES string of the molecule is CCOc1cc(C=Nn2c(C(C)(C)C)nc3ccc(Br)cc3c2=O)cc([N+](=O)[O-])c1O[C@H](C)C(=O)O. The van der Waals surface area contributed by atoms with Gasteiger partial charge in [-0.1, -0.05) is 36.7 Å². The molecule has 1 heterocycles. The third-order valence-corrected chi connectivity index (χ3v) is 5.49. The van der Waals surface area contributed by atoms with Crippen molar-refractivity contribution >= 4 is 44.7 Å². The highest BCUT2D eigenvalue weighted by molar-refractivity contribution is 9.10. The first kappa shape index (κ1) is 26.8. The molecule has 0 aliphatic heterocycles. The van der Waals surface area contributed by atoms with Crippen LogP contribution in [0.3, 0.4) is 0 Å². The molecule has 0 bridgehead atoms. The number of carboxylic acids is 1. The van der Waals surface area contributed by atoms with Crippen LogP contribution in [0.15, 0.2) is 44.7 Å². The molecule has 0 spiro atoms. The standard InChI is InChI=1S/C24H25BrN4O7/c1-6-35-19-10-14(9-18(29(33)34)20(19)36-13(2)22(31)32)12-26-28-21(30)16-11-15(25)7-8-17(16)27-23(28)24(3,4)5/h7-13H,6H2,1-5H3,(H,31,32)/t13-/m1/s1. The van der Waals surface area contributed by atoms with Gasteiger partial charge in [-0.15, -0.1) is 0 Å². The summed E-state index contributed by atoms with van der Waals surface area (Å²) in [7, 11) is 0. The second kappa shape index (κ2) is 10.4. The predicted octanol–water partition coefficient (Wildman–Crippen LogP) is 4.50. The van der Waals surface area contributed by atoms with E-state index in [1.54, 1.807) is 25.1 Å².